The van der Waals surface area contributed by atoms with Gasteiger partial charge in [-0.15, -0.1) is 0 Å². The molecule has 0 radical (unpaired) electrons. The molecule has 1 aliphatic rings. The Bertz CT molecular complexity index is 513. The SMILES string of the molecule is CC(C)(C)OC(=O)N1CC(N)CC(c2cccc(Cl)c2)C1. The molecular weight excluding hydrogens is 288 g/mol. The molecule has 0 saturated carbocycles. The first-order valence-corrected chi connectivity index (χ1v) is 7.61. The van der Waals surface area contributed by atoms with E-state index in [9.17, 15) is 4.79 Å². The third kappa shape index (κ3) is 4.61. The van der Waals surface area contributed by atoms with Gasteiger partial charge in [0.1, 0.15) is 5.60 Å². The Kier molecular flexibility index (Phi) is 4.79. The summed E-state index contributed by atoms with van der Waals surface area (Å²) in [6.45, 7) is 6.74. The second-order valence-electron chi connectivity index (χ2n) is 6.63. The molecule has 0 spiro atoms. The minimum Gasteiger partial charge on any atom is -0.444 e. The zero-order chi connectivity index (χ0) is 15.6. The summed E-state index contributed by atoms with van der Waals surface area (Å²) in [6, 6.07) is 7.70. The second-order valence-corrected chi connectivity index (χ2v) is 7.07. The van der Waals surface area contributed by atoms with Crippen LogP contribution in [0.25, 0.3) is 0 Å². The number of hydrogen-bond acceptors (Lipinski definition) is 3. The van der Waals surface area contributed by atoms with E-state index in [2.05, 4.69) is 0 Å². The molecule has 0 bridgehead atoms. The zero-order valence-corrected chi connectivity index (χ0v) is 13.6. The van der Waals surface area contributed by atoms with E-state index in [-0.39, 0.29) is 18.1 Å². The van der Waals surface area contributed by atoms with Gasteiger partial charge in [-0.05, 0) is 44.9 Å². The highest BCUT2D eigenvalue weighted by molar-refractivity contribution is 6.30. The van der Waals surface area contributed by atoms with E-state index in [0.717, 1.165) is 12.0 Å². The first kappa shape index (κ1) is 16.1. The molecule has 2 N–H and O–H groups in total. The van der Waals surface area contributed by atoms with Gasteiger partial charge in [0.05, 0.1) is 0 Å². The Hall–Kier alpha value is -1.26. The number of carbonyl (C=O) groups is 1. The average Bonchev–Trinajstić information content (AvgIpc) is 2.36. The largest absolute Gasteiger partial charge is 0.444 e. The van der Waals surface area contributed by atoms with E-state index in [1.807, 2.05) is 45.0 Å². The third-order valence-electron chi connectivity index (χ3n) is 3.45. The Balaban J connectivity index is 2.10. The lowest BCUT2D eigenvalue weighted by atomic mass is 9.88. The summed E-state index contributed by atoms with van der Waals surface area (Å²) < 4.78 is 5.44. The molecule has 1 aromatic carbocycles. The molecule has 0 aromatic heterocycles. The monoisotopic (exact) mass is 310 g/mol. The number of ether oxygens (including phenoxy) is 1. The summed E-state index contributed by atoms with van der Waals surface area (Å²) in [6.07, 6.45) is 0.546. The smallest absolute Gasteiger partial charge is 0.410 e. The van der Waals surface area contributed by atoms with Crippen LogP contribution in [0.2, 0.25) is 5.02 Å². The molecule has 1 fully saturated rings. The molecule has 2 unspecified atom stereocenters. The number of likely N-dealkylation sites (tertiary alicyclic amines) is 1. The minimum absolute atomic E-state index is 0.0461. The predicted octanol–water partition coefficient (Wildman–Crippen LogP) is 3.39. The molecule has 0 aliphatic carbocycles. The summed E-state index contributed by atoms with van der Waals surface area (Å²) in [5, 5.41) is 0.704. The van der Waals surface area contributed by atoms with Crippen LogP contribution in [-0.2, 0) is 4.74 Å². The van der Waals surface area contributed by atoms with Crippen LogP contribution in [0.4, 0.5) is 4.79 Å². The summed E-state index contributed by atoms with van der Waals surface area (Å²) in [4.78, 5) is 13.9. The fraction of sp³-hybridized carbons (Fsp3) is 0.562. The molecule has 4 nitrogen and oxygen atoms in total. The molecule has 1 aromatic rings. The van der Waals surface area contributed by atoms with Crippen molar-refractivity contribution >= 4 is 17.7 Å². The number of amides is 1. The lowest BCUT2D eigenvalue weighted by molar-refractivity contribution is 0.0181. The van der Waals surface area contributed by atoms with Gasteiger partial charge < -0.3 is 15.4 Å². The van der Waals surface area contributed by atoms with Crippen molar-refractivity contribution in [1.29, 1.82) is 0 Å². The van der Waals surface area contributed by atoms with Crippen LogP contribution in [-0.4, -0.2) is 35.7 Å². The van der Waals surface area contributed by atoms with E-state index in [4.69, 9.17) is 22.1 Å². The van der Waals surface area contributed by atoms with E-state index < -0.39 is 5.60 Å². The maximum atomic E-state index is 12.2. The van der Waals surface area contributed by atoms with Gasteiger partial charge >= 0.3 is 6.09 Å². The number of nitrogens with zero attached hydrogens (tertiary/aromatic N) is 1. The first-order valence-electron chi connectivity index (χ1n) is 7.23. The zero-order valence-electron chi connectivity index (χ0n) is 12.8. The highest BCUT2D eigenvalue weighted by atomic mass is 35.5. The van der Waals surface area contributed by atoms with Gasteiger partial charge in [-0.25, -0.2) is 4.79 Å². The van der Waals surface area contributed by atoms with Crippen LogP contribution < -0.4 is 5.73 Å². The predicted molar refractivity (Wildman–Crippen MR) is 84.6 cm³/mol. The molecule has 2 atom stereocenters. The van der Waals surface area contributed by atoms with Crippen molar-refractivity contribution in [3.8, 4) is 0 Å². The molecule has 1 saturated heterocycles. The van der Waals surface area contributed by atoms with Crippen LogP contribution in [0.1, 0.15) is 38.7 Å². The van der Waals surface area contributed by atoms with Crippen molar-refractivity contribution in [2.24, 2.45) is 5.73 Å². The Morgan fingerprint density at radius 3 is 2.71 bits per heavy atom. The van der Waals surface area contributed by atoms with Crippen molar-refractivity contribution in [3.05, 3.63) is 34.9 Å². The molecule has 116 valence electrons. The molecule has 1 heterocycles. The lowest BCUT2D eigenvalue weighted by Crippen LogP contribution is -2.50. The molecule has 5 heteroatoms. The maximum absolute atomic E-state index is 12.2. The average molecular weight is 311 g/mol. The highest BCUT2D eigenvalue weighted by Gasteiger charge is 2.31. The summed E-state index contributed by atoms with van der Waals surface area (Å²) in [7, 11) is 0. The fourth-order valence-electron chi connectivity index (χ4n) is 2.62. The number of carbonyl (C=O) groups excluding carboxylic acids is 1. The number of halogens is 1. The highest BCUT2D eigenvalue weighted by Crippen LogP contribution is 2.28. The van der Waals surface area contributed by atoms with Crippen LogP contribution in [0.5, 0.6) is 0 Å². The second kappa shape index (κ2) is 6.24. The van der Waals surface area contributed by atoms with Gasteiger partial charge in [0, 0.05) is 30.1 Å². The van der Waals surface area contributed by atoms with Gasteiger partial charge in [0.25, 0.3) is 0 Å². The van der Waals surface area contributed by atoms with Crippen molar-refractivity contribution in [3.63, 3.8) is 0 Å². The van der Waals surface area contributed by atoms with Crippen LogP contribution in [0.3, 0.4) is 0 Å². The van der Waals surface area contributed by atoms with Gasteiger partial charge in [0.2, 0.25) is 0 Å². The van der Waals surface area contributed by atoms with Gasteiger partial charge in [-0.3, -0.25) is 0 Å². The number of hydrogen-bond donors (Lipinski definition) is 1. The van der Waals surface area contributed by atoms with Crippen LogP contribution in [0, 0.1) is 0 Å². The Morgan fingerprint density at radius 1 is 1.38 bits per heavy atom. The van der Waals surface area contributed by atoms with Crippen molar-refractivity contribution in [2.75, 3.05) is 13.1 Å². The minimum atomic E-state index is -0.496. The molecule has 21 heavy (non-hydrogen) atoms. The number of piperidine rings is 1. The lowest BCUT2D eigenvalue weighted by Gasteiger charge is -2.37. The molecule has 1 amide bonds. The van der Waals surface area contributed by atoms with Crippen molar-refractivity contribution in [1.82, 2.24) is 4.90 Å². The van der Waals surface area contributed by atoms with Gasteiger partial charge in [0.15, 0.2) is 0 Å². The van der Waals surface area contributed by atoms with Crippen LogP contribution >= 0.6 is 11.6 Å². The van der Waals surface area contributed by atoms with Gasteiger partial charge in [-0.1, -0.05) is 23.7 Å². The fourth-order valence-corrected chi connectivity index (χ4v) is 2.81. The van der Waals surface area contributed by atoms with Crippen LogP contribution in [0.15, 0.2) is 24.3 Å². The van der Waals surface area contributed by atoms with E-state index in [1.54, 1.807) is 4.90 Å². The molecular formula is C16H23ClN2O2. The summed E-state index contributed by atoms with van der Waals surface area (Å²) in [5.41, 5.74) is 6.73. The van der Waals surface area contributed by atoms with E-state index in [0.29, 0.717) is 18.1 Å². The quantitative estimate of drug-likeness (QED) is 0.865. The maximum Gasteiger partial charge on any atom is 0.410 e. The first-order chi connectivity index (χ1) is 9.74. The Labute approximate surface area is 131 Å². The molecule has 2 rings (SSSR count). The normalized spacial score (nSPS) is 23.0. The van der Waals surface area contributed by atoms with Gasteiger partial charge in [-0.2, -0.15) is 0 Å². The van der Waals surface area contributed by atoms with Crippen molar-refractivity contribution < 1.29 is 9.53 Å². The number of nitrogens with two attached hydrogens (primary N) is 1. The summed E-state index contributed by atoms with van der Waals surface area (Å²) in [5.74, 6) is 0.194. The van der Waals surface area contributed by atoms with Crippen molar-refractivity contribution in [2.45, 2.75) is 44.8 Å². The summed E-state index contributed by atoms with van der Waals surface area (Å²) >= 11 is 6.05. The third-order valence-corrected chi connectivity index (χ3v) is 3.69. The number of rotatable bonds is 1. The number of benzene rings is 1. The Morgan fingerprint density at radius 2 is 2.10 bits per heavy atom. The van der Waals surface area contributed by atoms with E-state index >= 15 is 0 Å². The molecule has 1 aliphatic heterocycles. The topological polar surface area (TPSA) is 55.6 Å². The standard InChI is InChI=1S/C16H23ClN2O2/c1-16(2,3)21-15(20)19-9-12(8-14(18)10-19)11-5-4-6-13(17)7-11/h4-7,12,14H,8-10,18H2,1-3H3. The van der Waals surface area contributed by atoms with E-state index in [1.165, 1.54) is 0 Å².